The van der Waals surface area contributed by atoms with Crippen molar-refractivity contribution in [2.24, 2.45) is 0 Å². The maximum Gasteiger partial charge on any atom is 0.230 e. The van der Waals surface area contributed by atoms with E-state index in [0.29, 0.717) is 11.6 Å². The Labute approximate surface area is 160 Å². The quantitative estimate of drug-likeness (QED) is 0.530. The predicted octanol–water partition coefficient (Wildman–Crippen LogP) is 4.98. The summed E-state index contributed by atoms with van der Waals surface area (Å²) in [6, 6.07) is 16.0. The molecule has 0 radical (unpaired) electrons. The van der Waals surface area contributed by atoms with Crippen LogP contribution in [-0.2, 0) is 17.8 Å². The van der Waals surface area contributed by atoms with E-state index in [1.807, 2.05) is 41.8 Å². The first-order chi connectivity index (χ1) is 12.7. The van der Waals surface area contributed by atoms with Gasteiger partial charge in [-0.3, -0.25) is 4.79 Å². The third-order valence-corrected chi connectivity index (χ3v) is 5.11. The molecule has 2 heterocycles. The summed E-state index contributed by atoms with van der Waals surface area (Å²) in [6.07, 6.45) is 4.05. The Morgan fingerprint density at radius 3 is 2.73 bits per heavy atom. The smallest absolute Gasteiger partial charge is 0.230 e. The van der Waals surface area contributed by atoms with Gasteiger partial charge in [0.2, 0.25) is 5.91 Å². The molecule has 0 saturated heterocycles. The molecule has 2 aromatic heterocycles. The van der Waals surface area contributed by atoms with Crippen LogP contribution in [0.25, 0.3) is 10.9 Å². The minimum Gasteiger partial charge on any atom is -0.343 e. The Kier molecular flexibility index (Phi) is 4.73. The van der Waals surface area contributed by atoms with Gasteiger partial charge in [-0.25, -0.2) is 4.98 Å². The van der Waals surface area contributed by atoms with E-state index >= 15 is 0 Å². The average Bonchev–Trinajstić information content (AvgIpc) is 3.26. The molecule has 1 amide bonds. The van der Waals surface area contributed by atoms with Crippen LogP contribution in [0.3, 0.4) is 0 Å². The Bertz CT molecular complexity index is 1040. The fraction of sp³-hybridized carbons (Fsp3) is 0.100. The van der Waals surface area contributed by atoms with Crippen molar-refractivity contribution in [1.82, 2.24) is 9.55 Å². The number of thiazole rings is 1. The van der Waals surface area contributed by atoms with E-state index in [-0.39, 0.29) is 5.91 Å². The van der Waals surface area contributed by atoms with E-state index in [1.165, 1.54) is 11.3 Å². The van der Waals surface area contributed by atoms with E-state index in [2.05, 4.69) is 33.2 Å². The van der Waals surface area contributed by atoms with Crippen LogP contribution in [0.4, 0.5) is 5.13 Å². The molecule has 0 aliphatic carbocycles. The molecule has 0 unspecified atom stereocenters. The van der Waals surface area contributed by atoms with Gasteiger partial charge >= 0.3 is 0 Å². The maximum absolute atomic E-state index is 12.4. The number of rotatable bonds is 5. The molecule has 0 aliphatic rings. The fourth-order valence-electron chi connectivity index (χ4n) is 3.00. The number of hydrogen-bond donors (Lipinski definition) is 1. The normalized spacial score (nSPS) is 11.0. The van der Waals surface area contributed by atoms with Crippen molar-refractivity contribution in [3.63, 3.8) is 0 Å². The van der Waals surface area contributed by atoms with Crippen LogP contribution >= 0.6 is 22.9 Å². The molecule has 0 bridgehead atoms. The molecule has 0 spiro atoms. The Morgan fingerprint density at radius 2 is 1.96 bits per heavy atom. The van der Waals surface area contributed by atoms with E-state index in [0.717, 1.165) is 33.6 Å². The Morgan fingerprint density at radius 1 is 1.15 bits per heavy atom. The lowest BCUT2D eigenvalue weighted by Crippen LogP contribution is -2.14. The van der Waals surface area contributed by atoms with Crippen molar-refractivity contribution < 1.29 is 4.79 Å². The molecule has 0 saturated carbocycles. The summed E-state index contributed by atoms with van der Waals surface area (Å²) in [5.41, 5.74) is 3.28. The van der Waals surface area contributed by atoms with Gasteiger partial charge in [-0.1, -0.05) is 41.9 Å². The number of carbonyl (C=O) groups is 1. The summed E-state index contributed by atoms with van der Waals surface area (Å²) < 4.78 is 2.17. The maximum atomic E-state index is 12.4. The van der Waals surface area contributed by atoms with E-state index in [9.17, 15) is 4.79 Å². The highest BCUT2D eigenvalue weighted by molar-refractivity contribution is 7.13. The fourth-order valence-corrected chi connectivity index (χ4v) is 3.67. The van der Waals surface area contributed by atoms with Crippen LogP contribution in [0.1, 0.15) is 11.1 Å². The van der Waals surface area contributed by atoms with Crippen LogP contribution in [-0.4, -0.2) is 15.5 Å². The number of nitrogens with zero attached hydrogens (tertiary/aromatic N) is 2. The number of benzene rings is 2. The molecule has 4 rings (SSSR count). The SMILES string of the molecule is O=C(Cc1cn(Cc2ccc(Cl)cc2)c2ccccc12)Nc1nccs1. The third kappa shape index (κ3) is 3.64. The molecular formula is C20H16ClN3OS. The zero-order valence-electron chi connectivity index (χ0n) is 13.9. The standard InChI is InChI=1S/C20H16ClN3OS/c21-16-7-5-14(6-8-16)12-24-13-15(17-3-1-2-4-18(17)24)11-19(25)23-20-22-9-10-26-20/h1-10,13H,11-12H2,(H,22,23,25). The summed E-state index contributed by atoms with van der Waals surface area (Å²) in [7, 11) is 0. The highest BCUT2D eigenvalue weighted by Gasteiger charge is 2.13. The lowest BCUT2D eigenvalue weighted by Gasteiger charge is -2.05. The van der Waals surface area contributed by atoms with Crippen LogP contribution < -0.4 is 5.32 Å². The van der Waals surface area contributed by atoms with Gasteiger partial charge in [0.15, 0.2) is 5.13 Å². The lowest BCUT2D eigenvalue weighted by molar-refractivity contribution is -0.115. The number of anilines is 1. The lowest BCUT2D eigenvalue weighted by atomic mass is 10.1. The number of carbonyl (C=O) groups excluding carboxylic acids is 1. The molecule has 1 N–H and O–H groups in total. The first kappa shape index (κ1) is 16.8. The van der Waals surface area contributed by atoms with E-state index in [4.69, 9.17) is 11.6 Å². The number of nitrogens with one attached hydrogen (secondary N) is 1. The summed E-state index contributed by atoms with van der Waals surface area (Å²) in [6.45, 7) is 0.728. The second kappa shape index (κ2) is 7.32. The zero-order chi connectivity index (χ0) is 17.9. The Hall–Kier alpha value is -2.63. The largest absolute Gasteiger partial charge is 0.343 e. The van der Waals surface area contributed by atoms with Gasteiger partial charge in [-0.05, 0) is 29.3 Å². The summed E-state index contributed by atoms with van der Waals surface area (Å²) in [4.78, 5) is 16.5. The van der Waals surface area contributed by atoms with Crippen LogP contribution in [0.5, 0.6) is 0 Å². The van der Waals surface area contributed by atoms with Crippen molar-refractivity contribution in [3.05, 3.63) is 82.5 Å². The van der Waals surface area contributed by atoms with Crippen molar-refractivity contribution in [3.8, 4) is 0 Å². The van der Waals surface area contributed by atoms with Crippen LogP contribution in [0, 0.1) is 0 Å². The van der Waals surface area contributed by atoms with Gasteiger partial charge < -0.3 is 9.88 Å². The highest BCUT2D eigenvalue weighted by atomic mass is 35.5. The van der Waals surface area contributed by atoms with Crippen molar-refractivity contribution in [2.75, 3.05) is 5.32 Å². The molecule has 2 aromatic carbocycles. The molecule has 0 fully saturated rings. The highest BCUT2D eigenvalue weighted by Crippen LogP contribution is 2.24. The van der Waals surface area contributed by atoms with Gasteiger partial charge in [-0.15, -0.1) is 11.3 Å². The van der Waals surface area contributed by atoms with Gasteiger partial charge in [0.1, 0.15) is 0 Å². The van der Waals surface area contributed by atoms with Crippen molar-refractivity contribution in [2.45, 2.75) is 13.0 Å². The van der Waals surface area contributed by atoms with Crippen molar-refractivity contribution >= 4 is 44.9 Å². The zero-order valence-corrected chi connectivity index (χ0v) is 15.4. The van der Waals surface area contributed by atoms with E-state index < -0.39 is 0 Å². The van der Waals surface area contributed by atoms with Gasteiger partial charge in [0.05, 0.1) is 6.42 Å². The van der Waals surface area contributed by atoms with E-state index in [1.54, 1.807) is 6.20 Å². The number of fused-ring (bicyclic) bond motifs is 1. The first-order valence-electron chi connectivity index (χ1n) is 8.19. The topological polar surface area (TPSA) is 46.9 Å². The molecule has 130 valence electrons. The molecule has 26 heavy (non-hydrogen) atoms. The van der Waals surface area contributed by atoms with Gasteiger partial charge in [-0.2, -0.15) is 0 Å². The molecule has 0 aliphatic heterocycles. The average molecular weight is 382 g/mol. The van der Waals surface area contributed by atoms with Gasteiger partial charge in [0.25, 0.3) is 0 Å². The number of hydrogen-bond acceptors (Lipinski definition) is 3. The third-order valence-electron chi connectivity index (χ3n) is 4.17. The molecule has 6 heteroatoms. The summed E-state index contributed by atoms with van der Waals surface area (Å²) in [5, 5.41) is 7.13. The number of halogens is 1. The van der Waals surface area contributed by atoms with Crippen LogP contribution in [0.2, 0.25) is 5.02 Å². The number of amides is 1. The molecule has 0 atom stereocenters. The number of para-hydroxylation sites is 1. The first-order valence-corrected chi connectivity index (χ1v) is 9.45. The minimum absolute atomic E-state index is 0.0608. The Balaban J connectivity index is 1.61. The second-order valence-corrected chi connectivity index (χ2v) is 7.32. The number of aromatic nitrogens is 2. The molecule has 4 aromatic rings. The van der Waals surface area contributed by atoms with Crippen LogP contribution in [0.15, 0.2) is 66.3 Å². The monoisotopic (exact) mass is 381 g/mol. The summed E-state index contributed by atoms with van der Waals surface area (Å²) in [5.74, 6) is -0.0608. The van der Waals surface area contributed by atoms with Gasteiger partial charge in [0, 0.05) is 40.2 Å². The van der Waals surface area contributed by atoms with Crippen molar-refractivity contribution in [1.29, 1.82) is 0 Å². The molecular weight excluding hydrogens is 366 g/mol. The minimum atomic E-state index is -0.0608. The predicted molar refractivity (Wildman–Crippen MR) is 107 cm³/mol. The molecule has 4 nitrogen and oxygen atoms in total. The summed E-state index contributed by atoms with van der Waals surface area (Å²) >= 11 is 7.39. The second-order valence-electron chi connectivity index (χ2n) is 5.99.